The molecular weight excluding hydrogens is 126 g/mol. The fourth-order valence-corrected chi connectivity index (χ4v) is 0.532. The molecule has 0 bridgehead atoms. The highest BCUT2D eigenvalue weighted by Gasteiger charge is 1.86. The quantitative estimate of drug-likeness (QED) is 0.580. The standard InChI is InChI=1S/C8H15NO/c1-3-8(6-10)5-4-7(2)9/h4-5,10H,3,6,9H2,1-2H3/b7-4+,8-5+. The van der Waals surface area contributed by atoms with Crippen molar-refractivity contribution < 1.29 is 5.11 Å². The van der Waals surface area contributed by atoms with Crippen LogP contribution in [0.25, 0.3) is 0 Å². The first kappa shape index (κ1) is 9.24. The van der Waals surface area contributed by atoms with E-state index in [9.17, 15) is 0 Å². The van der Waals surface area contributed by atoms with Gasteiger partial charge in [0, 0.05) is 5.70 Å². The molecule has 0 aromatic rings. The zero-order valence-corrected chi connectivity index (χ0v) is 6.59. The van der Waals surface area contributed by atoms with Crippen molar-refractivity contribution in [3.8, 4) is 0 Å². The van der Waals surface area contributed by atoms with E-state index in [2.05, 4.69) is 0 Å². The number of rotatable bonds is 3. The monoisotopic (exact) mass is 141 g/mol. The molecule has 0 aliphatic carbocycles. The van der Waals surface area contributed by atoms with Gasteiger partial charge in [0.2, 0.25) is 0 Å². The Labute approximate surface area is 62.0 Å². The van der Waals surface area contributed by atoms with E-state index in [0.29, 0.717) is 0 Å². The molecule has 0 aliphatic rings. The van der Waals surface area contributed by atoms with Gasteiger partial charge in [-0.15, -0.1) is 0 Å². The molecule has 0 spiro atoms. The first-order chi connectivity index (χ1) is 4.70. The number of hydrogen-bond acceptors (Lipinski definition) is 2. The first-order valence-electron chi connectivity index (χ1n) is 3.43. The molecule has 0 radical (unpaired) electrons. The van der Waals surface area contributed by atoms with Gasteiger partial charge in [-0.05, 0) is 25.0 Å². The summed E-state index contributed by atoms with van der Waals surface area (Å²) in [5.41, 5.74) is 7.15. The van der Waals surface area contributed by atoms with Crippen LogP contribution in [0, 0.1) is 0 Å². The summed E-state index contributed by atoms with van der Waals surface area (Å²) < 4.78 is 0. The van der Waals surface area contributed by atoms with Crippen molar-refractivity contribution in [2.24, 2.45) is 5.73 Å². The van der Waals surface area contributed by atoms with Crippen LogP contribution in [0.1, 0.15) is 20.3 Å². The minimum Gasteiger partial charge on any atom is -0.402 e. The van der Waals surface area contributed by atoms with Gasteiger partial charge in [-0.3, -0.25) is 0 Å². The van der Waals surface area contributed by atoms with Gasteiger partial charge in [0.1, 0.15) is 0 Å². The van der Waals surface area contributed by atoms with Gasteiger partial charge in [-0.1, -0.05) is 13.0 Å². The molecule has 0 aliphatic heterocycles. The fourth-order valence-electron chi connectivity index (χ4n) is 0.532. The Hall–Kier alpha value is -0.760. The minimum atomic E-state index is 0.125. The second-order valence-corrected chi connectivity index (χ2v) is 2.25. The van der Waals surface area contributed by atoms with Crippen molar-refractivity contribution in [1.29, 1.82) is 0 Å². The molecule has 58 valence electrons. The van der Waals surface area contributed by atoms with Crippen LogP contribution < -0.4 is 5.73 Å². The Kier molecular flexibility index (Phi) is 4.67. The van der Waals surface area contributed by atoms with Crippen LogP contribution in [0.2, 0.25) is 0 Å². The number of aliphatic hydroxyl groups excluding tert-OH is 1. The van der Waals surface area contributed by atoms with E-state index in [1.54, 1.807) is 6.08 Å². The third-order valence-electron chi connectivity index (χ3n) is 1.24. The lowest BCUT2D eigenvalue weighted by molar-refractivity contribution is 0.327. The number of allylic oxidation sites excluding steroid dienone is 3. The fraction of sp³-hybridized carbons (Fsp3) is 0.500. The molecule has 0 aromatic carbocycles. The lowest BCUT2D eigenvalue weighted by Crippen LogP contribution is -1.91. The maximum absolute atomic E-state index is 8.70. The van der Waals surface area contributed by atoms with Crippen LogP contribution in [0.3, 0.4) is 0 Å². The van der Waals surface area contributed by atoms with Crippen LogP contribution in [-0.4, -0.2) is 11.7 Å². The van der Waals surface area contributed by atoms with E-state index in [-0.39, 0.29) is 6.61 Å². The third-order valence-corrected chi connectivity index (χ3v) is 1.24. The molecule has 0 atom stereocenters. The molecule has 0 fully saturated rings. The van der Waals surface area contributed by atoms with Crippen molar-refractivity contribution in [3.63, 3.8) is 0 Å². The molecular formula is C8H15NO. The Bertz CT molecular complexity index is 137. The van der Waals surface area contributed by atoms with E-state index in [1.807, 2.05) is 19.9 Å². The van der Waals surface area contributed by atoms with Crippen molar-refractivity contribution in [2.75, 3.05) is 6.61 Å². The molecule has 2 heteroatoms. The maximum atomic E-state index is 8.70. The Morgan fingerprint density at radius 2 is 2.10 bits per heavy atom. The van der Waals surface area contributed by atoms with Gasteiger partial charge in [0.15, 0.2) is 0 Å². The van der Waals surface area contributed by atoms with Gasteiger partial charge in [0.05, 0.1) is 6.61 Å². The molecule has 0 amide bonds. The Balaban J connectivity index is 3.99. The average Bonchev–Trinajstić information content (AvgIpc) is 1.90. The minimum absolute atomic E-state index is 0.125. The second-order valence-electron chi connectivity index (χ2n) is 2.25. The van der Waals surface area contributed by atoms with E-state index in [0.717, 1.165) is 17.7 Å². The summed E-state index contributed by atoms with van der Waals surface area (Å²) in [5.74, 6) is 0. The number of aliphatic hydroxyl groups is 1. The van der Waals surface area contributed by atoms with Gasteiger partial charge in [0.25, 0.3) is 0 Å². The van der Waals surface area contributed by atoms with Gasteiger partial charge >= 0.3 is 0 Å². The molecule has 2 nitrogen and oxygen atoms in total. The summed E-state index contributed by atoms with van der Waals surface area (Å²) in [6, 6.07) is 0. The average molecular weight is 141 g/mol. The molecule has 3 N–H and O–H groups in total. The third kappa shape index (κ3) is 4.15. The van der Waals surface area contributed by atoms with Crippen LogP contribution in [-0.2, 0) is 0 Å². The maximum Gasteiger partial charge on any atom is 0.0644 e. The Morgan fingerprint density at radius 3 is 2.40 bits per heavy atom. The predicted octanol–water partition coefficient (Wildman–Crippen LogP) is 1.18. The molecule has 0 aromatic heterocycles. The highest BCUT2D eigenvalue weighted by molar-refractivity contribution is 5.14. The van der Waals surface area contributed by atoms with Crippen LogP contribution in [0.4, 0.5) is 0 Å². The highest BCUT2D eigenvalue weighted by atomic mass is 16.3. The normalized spacial score (nSPS) is 13.9. The van der Waals surface area contributed by atoms with Crippen molar-refractivity contribution in [2.45, 2.75) is 20.3 Å². The van der Waals surface area contributed by atoms with Crippen molar-refractivity contribution in [3.05, 3.63) is 23.4 Å². The van der Waals surface area contributed by atoms with Gasteiger partial charge in [-0.25, -0.2) is 0 Å². The largest absolute Gasteiger partial charge is 0.402 e. The topological polar surface area (TPSA) is 46.2 Å². The molecule has 0 rings (SSSR count). The van der Waals surface area contributed by atoms with Crippen LogP contribution >= 0.6 is 0 Å². The van der Waals surface area contributed by atoms with Crippen molar-refractivity contribution in [1.82, 2.24) is 0 Å². The lowest BCUT2D eigenvalue weighted by Gasteiger charge is -1.95. The number of hydrogen-bond donors (Lipinski definition) is 2. The Morgan fingerprint density at radius 1 is 1.50 bits per heavy atom. The van der Waals surface area contributed by atoms with Crippen LogP contribution in [0.15, 0.2) is 23.4 Å². The zero-order valence-electron chi connectivity index (χ0n) is 6.59. The molecule has 0 saturated carbocycles. The van der Waals surface area contributed by atoms with Gasteiger partial charge in [-0.2, -0.15) is 0 Å². The summed E-state index contributed by atoms with van der Waals surface area (Å²) >= 11 is 0. The smallest absolute Gasteiger partial charge is 0.0644 e. The molecule has 10 heavy (non-hydrogen) atoms. The van der Waals surface area contributed by atoms with E-state index >= 15 is 0 Å². The van der Waals surface area contributed by atoms with E-state index < -0.39 is 0 Å². The molecule has 0 heterocycles. The van der Waals surface area contributed by atoms with E-state index in [4.69, 9.17) is 10.8 Å². The summed E-state index contributed by atoms with van der Waals surface area (Å²) in [6.45, 7) is 3.95. The summed E-state index contributed by atoms with van der Waals surface area (Å²) in [5, 5.41) is 8.70. The zero-order chi connectivity index (χ0) is 7.98. The lowest BCUT2D eigenvalue weighted by atomic mass is 10.2. The number of nitrogens with two attached hydrogens (primary N) is 1. The van der Waals surface area contributed by atoms with Crippen molar-refractivity contribution >= 4 is 0 Å². The van der Waals surface area contributed by atoms with Gasteiger partial charge < -0.3 is 10.8 Å². The summed E-state index contributed by atoms with van der Waals surface area (Å²) in [6.07, 6.45) is 4.53. The highest BCUT2D eigenvalue weighted by Crippen LogP contribution is 1.98. The summed E-state index contributed by atoms with van der Waals surface area (Å²) in [4.78, 5) is 0. The molecule has 0 unspecified atom stereocenters. The molecule has 0 saturated heterocycles. The van der Waals surface area contributed by atoms with E-state index in [1.165, 1.54) is 0 Å². The summed E-state index contributed by atoms with van der Waals surface area (Å²) in [7, 11) is 0. The SMILES string of the molecule is CC/C(=C\C=C(/C)N)CO. The predicted molar refractivity (Wildman–Crippen MR) is 43.4 cm³/mol. The first-order valence-corrected chi connectivity index (χ1v) is 3.43. The van der Waals surface area contributed by atoms with Crippen LogP contribution in [0.5, 0.6) is 0 Å². The second kappa shape index (κ2) is 5.06.